The van der Waals surface area contributed by atoms with Crippen molar-refractivity contribution >= 4 is 50.5 Å². The fourth-order valence-corrected chi connectivity index (χ4v) is 5.25. The molecule has 3 aromatic rings. The van der Waals surface area contributed by atoms with E-state index in [2.05, 4.69) is 19.7 Å². The third-order valence-corrected chi connectivity index (χ3v) is 7.28. The molecule has 0 saturated carbocycles. The zero-order valence-electron chi connectivity index (χ0n) is 18.7. The van der Waals surface area contributed by atoms with Gasteiger partial charge in [0, 0.05) is 15.5 Å². The lowest BCUT2D eigenvalue weighted by atomic mass is 10.1. The second kappa shape index (κ2) is 13.1. The van der Waals surface area contributed by atoms with Crippen LogP contribution in [0.15, 0.2) is 53.6 Å². The lowest BCUT2D eigenvalue weighted by Crippen LogP contribution is -2.29. The molecule has 3 rings (SSSR count). The number of nitrogens with zero attached hydrogens (tertiary/aromatic N) is 5. The highest BCUT2D eigenvalue weighted by atomic mass is 32.9. The van der Waals surface area contributed by atoms with Crippen molar-refractivity contribution in [3.63, 3.8) is 0 Å². The Morgan fingerprint density at radius 3 is 2.39 bits per heavy atom. The Kier molecular flexibility index (Phi) is 9.60. The van der Waals surface area contributed by atoms with Crippen LogP contribution in [0.4, 0.5) is 5.69 Å². The number of azide groups is 1. The molecule has 1 unspecified atom stereocenters. The first-order valence-electron chi connectivity index (χ1n) is 10.1. The zero-order valence-corrected chi connectivity index (χ0v) is 21.1. The summed E-state index contributed by atoms with van der Waals surface area (Å²) in [5, 5.41) is 21.9. The molecule has 196 valence electrons. The van der Waals surface area contributed by atoms with Gasteiger partial charge in [0.05, 0.1) is 6.42 Å². The van der Waals surface area contributed by atoms with Crippen LogP contribution in [0.1, 0.15) is 16.8 Å². The van der Waals surface area contributed by atoms with Crippen LogP contribution in [0.5, 0.6) is 11.5 Å². The fourth-order valence-electron chi connectivity index (χ4n) is 2.84. The Bertz CT molecular complexity index is 1470. The average molecular weight is 580 g/mol. The minimum Gasteiger partial charge on any atom is -0.426 e. The summed E-state index contributed by atoms with van der Waals surface area (Å²) in [6.45, 7) is -0.927. The van der Waals surface area contributed by atoms with E-state index in [1.807, 2.05) is 6.07 Å². The number of carbonyl (C=O) groups is 2. The van der Waals surface area contributed by atoms with Gasteiger partial charge in [0.1, 0.15) is 33.6 Å². The largest absolute Gasteiger partial charge is 0.426 e. The van der Waals surface area contributed by atoms with E-state index in [-0.39, 0.29) is 22.7 Å². The molecule has 1 heterocycles. The maximum atomic E-state index is 12.9. The van der Waals surface area contributed by atoms with Crippen LogP contribution in [0.25, 0.3) is 20.9 Å². The van der Waals surface area contributed by atoms with E-state index < -0.39 is 41.2 Å². The number of benzene rings is 2. The Morgan fingerprint density at radius 2 is 1.79 bits per heavy atom. The summed E-state index contributed by atoms with van der Waals surface area (Å²) in [7, 11) is 2.95. The molecule has 0 aliphatic rings. The van der Waals surface area contributed by atoms with Gasteiger partial charge in [-0.2, -0.15) is 0 Å². The van der Waals surface area contributed by atoms with E-state index >= 15 is 0 Å². The van der Waals surface area contributed by atoms with E-state index in [9.17, 15) is 29.8 Å². The van der Waals surface area contributed by atoms with Crippen LogP contribution in [-0.2, 0) is 14.5 Å². The molecule has 38 heavy (non-hydrogen) atoms. The molecule has 1 aromatic heterocycles. The monoisotopic (exact) mass is 579 g/mol. The first-order chi connectivity index (χ1) is 18.1. The highest BCUT2D eigenvalue weighted by molar-refractivity contribution is 7.80. The van der Waals surface area contributed by atoms with Crippen molar-refractivity contribution in [2.24, 2.45) is 5.11 Å². The fraction of sp³-hybridized carbons (Fsp3) is 0.150. The first-order valence-corrected chi connectivity index (χ1v) is 12.6. The maximum absolute atomic E-state index is 12.9. The van der Waals surface area contributed by atoms with E-state index in [0.717, 1.165) is 26.4 Å². The Morgan fingerprint density at radius 1 is 1.05 bits per heavy atom. The molecule has 0 bridgehead atoms. The summed E-state index contributed by atoms with van der Waals surface area (Å²) in [6.07, 6.45) is -2.50. The van der Waals surface area contributed by atoms with Crippen molar-refractivity contribution in [3.8, 4) is 21.9 Å². The van der Waals surface area contributed by atoms with E-state index in [0.29, 0.717) is 0 Å². The normalized spacial score (nSPS) is 10.9. The molecule has 0 aliphatic heterocycles. The summed E-state index contributed by atoms with van der Waals surface area (Å²) >= 11 is 5.13. The Labute approximate surface area is 224 Å². The second-order valence-electron chi connectivity index (χ2n) is 6.93. The molecule has 0 spiro atoms. The quantitative estimate of drug-likeness (QED) is 0.0303. The summed E-state index contributed by atoms with van der Waals surface area (Å²) in [5.41, 5.74) is 9.25. The molecule has 0 radical (unpaired) electrons. The molecule has 2 aromatic carbocycles. The van der Waals surface area contributed by atoms with E-state index in [1.165, 1.54) is 26.7 Å². The Balaban J connectivity index is 1.78. The Hall–Kier alpha value is -4.64. The first kappa shape index (κ1) is 27.9. The number of rotatable bonds is 12. The van der Waals surface area contributed by atoms with Crippen molar-refractivity contribution < 1.29 is 38.9 Å². The minimum atomic E-state index is -1.67. The second-order valence-corrected chi connectivity index (χ2v) is 9.84. The van der Waals surface area contributed by atoms with Gasteiger partial charge in [0.15, 0.2) is 0 Å². The molecule has 0 aliphatic carbocycles. The van der Waals surface area contributed by atoms with E-state index in [1.54, 1.807) is 24.3 Å². The van der Waals surface area contributed by atoms with Gasteiger partial charge in [-0.15, -0.1) is 20.2 Å². The summed E-state index contributed by atoms with van der Waals surface area (Å²) in [6, 6.07) is 11.9. The topological polar surface area (TPSA) is 206 Å². The minimum absolute atomic E-state index is 0.00204. The van der Waals surface area contributed by atoms with Crippen molar-refractivity contribution in [3.05, 3.63) is 88.6 Å². The average Bonchev–Trinajstić information content (AvgIpc) is 3.30. The third kappa shape index (κ3) is 8.20. The van der Waals surface area contributed by atoms with Gasteiger partial charge in [-0.1, -0.05) is 38.0 Å². The van der Waals surface area contributed by atoms with E-state index in [4.69, 9.17) is 27.2 Å². The third-order valence-electron chi connectivity index (χ3n) is 4.37. The number of hydrogen-bond donors (Lipinski definition) is 0. The van der Waals surface area contributed by atoms with Crippen LogP contribution in [0, 0.1) is 24.1 Å². The maximum Gasteiger partial charge on any atom is 0.347 e. The number of esters is 2. The number of ether oxygens (including phenoxy) is 2. The highest BCUT2D eigenvalue weighted by Gasteiger charge is 2.24. The van der Waals surface area contributed by atoms with Crippen LogP contribution in [0.3, 0.4) is 0 Å². The van der Waals surface area contributed by atoms with Gasteiger partial charge < -0.3 is 19.1 Å². The van der Waals surface area contributed by atoms with Crippen LogP contribution < -0.4 is 9.47 Å². The van der Waals surface area contributed by atoms with Crippen molar-refractivity contribution in [2.45, 2.75) is 12.5 Å². The molecule has 1 atom stereocenters. The van der Waals surface area contributed by atoms with Gasteiger partial charge in [-0.25, -0.2) is 4.79 Å². The summed E-state index contributed by atoms with van der Waals surface area (Å²) < 4.78 is 11.2. The zero-order chi connectivity index (χ0) is 27.7. The standard InChI is InChI=1S/C20H13N5O10S3/c21-23-22-12-3-6-16(34-18(26)8-14(35-25(30)31)10-32-24(28)29)15(7-12)20(27)33-13-4-1-11(2-5-13)17-9-19(36)38-37-17/h1-7,9,14H,8,10H2. The number of carbonyl (C=O) groups excluding carboxylic acids is 2. The van der Waals surface area contributed by atoms with Crippen LogP contribution in [0.2, 0.25) is 0 Å². The lowest BCUT2D eigenvalue weighted by molar-refractivity contribution is -0.789. The van der Waals surface area contributed by atoms with Gasteiger partial charge in [-0.05, 0) is 59.6 Å². The van der Waals surface area contributed by atoms with Gasteiger partial charge in [0.2, 0.25) is 0 Å². The summed E-state index contributed by atoms with van der Waals surface area (Å²) in [4.78, 5) is 58.1. The summed E-state index contributed by atoms with van der Waals surface area (Å²) in [5.74, 6) is -2.30. The SMILES string of the molecule is [N-]=[N+]=Nc1ccc(OC(=O)CC(CO[N+](=O)[O-])O[N+](=O)[O-])c(C(=O)Oc2ccc(-c3cc(=S)ss3)cc2)c1. The van der Waals surface area contributed by atoms with Crippen LogP contribution >= 0.6 is 32.9 Å². The molecule has 0 saturated heterocycles. The molecule has 18 heteroatoms. The molecule has 0 amide bonds. The van der Waals surface area contributed by atoms with Gasteiger partial charge in [-0.3, -0.25) is 4.79 Å². The van der Waals surface area contributed by atoms with Crippen molar-refractivity contribution in [2.75, 3.05) is 6.61 Å². The molecular formula is C20H13N5O10S3. The predicted molar refractivity (Wildman–Crippen MR) is 134 cm³/mol. The van der Waals surface area contributed by atoms with Crippen molar-refractivity contribution in [1.82, 2.24) is 0 Å². The lowest BCUT2D eigenvalue weighted by Gasteiger charge is -2.14. The molecule has 15 nitrogen and oxygen atoms in total. The van der Waals surface area contributed by atoms with Gasteiger partial charge in [0.25, 0.3) is 10.2 Å². The molecular weight excluding hydrogens is 566 g/mol. The predicted octanol–water partition coefficient (Wildman–Crippen LogP) is 5.45. The van der Waals surface area contributed by atoms with Crippen molar-refractivity contribution in [1.29, 1.82) is 0 Å². The number of hydrogen-bond acceptors (Lipinski definition) is 14. The molecule has 0 N–H and O–H groups in total. The van der Waals surface area contributed by atoms with Crippen LogP contribution in [-0.4, -0.2) is 34.8 Å². The highest BCUT2D eigenvalue weighted by Crippen LogP contribution is 2.31. The smallest absolute Gasteiger partial charge is 0.347 e. The molecule has 0 fully saturated rings. The van der Waals surface area contributed by atoms with Gasteiger partial charge >= 0.3 is 11.9 Å².